The maximum atomic E-state index is 12.7. The van der Waals surface area contributed by atoms with Crippen LogP contribution in [0.1, 0.15) is 24.2 Å². The van der Waals surface area contributed by atoms with Crippen LogP contribution in [0.5, 0.6) is 0 Å². The number of nitrogens with zero attached hydrogens (tertiary/aromatic N) is 1. The van der Waals surface area contributed by atoms with Gasteiger partial charge in [0.05, 0.1) is 4.90 Å². The highest BCUT2D eigenvalue weighted by atomic mass is 32.2. The Kier molecular flexibility index (Phi) is 7.47. The van der Waals surface area contributed by atoms with Crippen molar-refractivity contribution in [2.75, 3.05) is 23.0 Å². The minimum absolute atomic E-state index is 0.0512. The molecule has 9 heteroatoms. The number of amides is 3. The Labute approximate surface area is 193 Å². The van der Waals surface area contributed by atoms with E-state index in [-0.39, 0.29) is 22.5 Å². The Morgan fingerprint density at radius 3 is 1.88 bits per heavy atom. The van der Waals surface area contributed by atoms with E-state index >= 15 is 0 Å². The maximum absolute atomic E-state index is 12.7. The second-order valence-corrected chi connectivity index (χ2v) is 9.62. The molecule has 0 bridgehead atoms. The minimum Gasteiger partial charge on any atom is -0.322 e. The summed E-state index contributed by atoms with van der Waals surface area (Å²) >= 11 is 0. The Morgan fingerprint density at radius 2 is 1.30 bits per heavy atom. The van der Waals surface area contributed by atoms with E-state index in [1.165, 1.54) is 29.6 Å². The third-order valence-electron chi connectivity index (χ3n) is 4.93. The van der Waals surface area contributed by atoms with Crippen LogP contribution in [0.2, 0.25) is 0 Å². The minimum atomic E-state index is -3.70. The van der Waals surface area contributed by atoms with Gasteiger partial charge in [0.2, 0.25) is 10.0 Å². The largest absolute Gasteiger partial charge is 0.323 e. The summed E-state index contributed by atoms with van der Waals surface area (Å²) in [5.41, 5.74) is 1.94. The molecule has 3 rings (SSSR count). The first-order valence-corrected chi connectivity index (χ1v) is 11.7. The second-order valence-electron chi connectivity index (χ2n) is 7.62. The van der Waals surface area contributed by atoms with Crippen molar-refractivity contribution in [3.8, 4) is 0 Å². The lowest BCUT2D eigenvalue weighted by Crippen LogP contribution is -2.33. The van der Waals surface area contributed by atoms with Gasteiger partial charge in [0.25, 0.3) is 5.91 Å². The molecule has 0 atom stereocenters. The fourth-order valence-electron chi connectivity index (χ4n) is 2.90. The Balaban J connectivity index is 1.64. The van der Waals surface area contributed by atoms with Crippen LogP contribution in [0.15, 0.2) is 83.8 Å². The van der Waals surface area contributed by atoms with Gasteiger partial charge in [-0.15, -0.1) is 0 Å². The average molecular weight is 467 g/mol. The first-order valence-electron chi connectivity index (χ1n) is 10.3. The molecule has 8 nitrogen and oxygen atoms in total. The summed E-state index contributed by atoms with van der Waals surface area (Å²) in [5.74, 6) is -0.443. The van der Waals surface area contributed by atoms with Crippen molar-refractivity contribution in [1.29, 1.82) is 0 Å². The molecule has 0 saturated heterocycles. The van der Waals surface area contributed by atoms with Crippen molar-refractivity contribution in [2.24, 2.45) is 0 Å². The first-order chi connectivity index (χ1) is 15.7. The average Bonchev–Trinajstić information content (AvgIpc) is 2.80. The maximum Gasteiger partial charge on any atom is 0.323 e. The van der Waals surface area contributed by atoms with Gasteiger partial charge in [-0.3, -0.25) is 4.79 Å². The van der Waals surface area contributed by atoms with Crippen molar-refractivity contribution >= 4 is 39.0 Å². The zero-order chi connectivity index (χ0) is 24.0. The van der Waals surface area contributed by atoms with E-state index in [1.807, 2.05) is 18.2 Å². The van der Waals surface area contributed by atoms with Gasteiger partial charge in [0.15, 0.2) is 0 Å². The molecule has 3 aromatic carbocycles. The van der Waals surface area contributed by atoms with E-state index in [9.17, 15) is 18.0 Å². The molecule has 0 radical (unpaired) electrons. The van der Waals surface area contributed by atoms with Gasteiger partial charge in [-0.25, -0.2) is 13.2 Å². The molecule has 0 aromatic heterocycles. The van der Waals surface area contributed by atoms with Crippen LogP contribution in [-0.2, 0) is 10.0 Å². The summed E-state index contributed by atoms with van der Waals surface area (Å²) in [7, 11) is -2.20. The third-order valence-corrected chi connectivity index (χ3v) is 6.96. The van der Waals surface area contributed by atoms with E-state index < -0.39 is 15.9 Å². The Morgan fingerprint density at radius 1 is 0.758 bits per heavy atom. The lowest BCUT2D eigenvalue weighted by molar-refractivity contribution is 0.102. The summed E-state index contributed by atoms with van der Waals surface area (Å²) in [4.78, 5) is 24.8. The monoisotopic (exact) mass is 466 g/mol. The SMILES string of the molecule is CC(C)N(C)S(=O)(=O)c1cccc(C(=O)Nc2ccc(NC(=O)Nc3ccccc3)cc2)c1. The summed E-state index contributed by atoms with van der Waals surface area (Å²) in [6.45, 7) is 3.55. The summed E-state index contributed by atoms with van der Waals surface area (Å²) < 4.78 is 26.7. The Bertz CT molecular complexity index is 1230. The molecule has 0 saturated carbocycles. The summed E-state index contributed by atoms with van der Waals surface area (Å²) in [5, 5.41) is 8.16. The van der Waals surface area contributed by atoms with Gasteiger partial charge in [-0.2, -0.15) is 4.31 Å². The summed E-state index contributed by atoms with van der Waals surface area (Å²) in [6, 6.07) is 20.9. The Hall–Kier alpha value is -3.69. The van der Waals surface area contributed by atoms with Crippen LogP contribution in [0, 0.1) is 0 Å². The molecule has 0 unspecified atom stereocenters. The lowest BCUT2D eigenvalue weighted by atomic mass is 10.2. The van der Waals surface area contributed by atoms with E-state index in [1.54, 1.807) is 56.3 Å². The lowest BCUT2D eigenvalue weighted by Gasteiger charge is -2.21. The van der Waals surface area contributed by atoms with Crippen LogP contribution < -0.4 is 16.0 Å². The molecular formula is C24H26N4O4S. The van der Waals surface area contributed by atoms with Gasteiger partial charge in [-0.05, 0) is 68.4 Å². The van der Waals surface area contributed by atoms with Crippen molar-refractivity contribution in [2.45, 2.75) is 24.8 Å². The molecular weight excluding hydrogens is 440 g/mol. The predicted octanol–water partition coefficient (Wildman–Crippen LogP) is 4.61. The molecule has 172 valence electrons. The van der Waals surface area contributed by atoms with Crippen molar-refractivity contribution in [3.63, 3.8) is 0 Å². The number of rotatable bonds is 7. The van der Waals surface area contributed by atoms with Crippen molar-refractivity contribution in [1.82, 2.24) is 4.31 Å². The smallest absolute Gasteiger partial charge is 0.322 e. The highest BCUT2D eigenvalue weighted by Crippen LogP contribution is 2.20. The van der Waals surface area contributed by atoms with Gasteiger partial charge in [-0.1, -0.05) is 24.3 Å². The number of urea groups is 1. The molecule has 3 aromatic rings. The summed E-state index contributed by atoms with van der Waals surface area (Å²) in [6.07, 6.45) is 0. The van der Waals surface area contributed by atoms with Crippen molar-refractivity contribution in [3.05, 3.63) is 84.4 Å². The number of hydrogen-bond acceptors (Lipinski definition) is 4. The normalized spacial score (nSPS) is 11.3. The van der Waals surface area contributed by atoms with E-state index in [0.29, 0.717) is 17.1 Å². The molecule has 0 fully saturated rings. The molecule has 33 heavy (non-hydrogen) atoms. The quantitative estimate of drug-likeness (QED) is 0.472. The highest BCUT2D eigenvalue weighted by molar-refractivity contribution is 7.89. The molecule has 0 heterocycles. The van der Waals surface area contributed by atoms with Gasteiger partial charge >= 0.3 is 6.03 Å². The molecule has 0 aliphatic heterocycles. The zero-order valence-corrected chi connectivity index (χ0v) is 19.4. The number of anilines is 3. The topological polar surface area (TPSA) is 108 Å². The van der Waals surface area contributed by atoms with Gasteiger partial charge in [0, 0.05) is 35.7 Å². The third kappa shape index (κ3) is 6.18. The van der Waals surface area contributed by atoms with Crippen LogP contribution in [0.4, 0.5) is 21.9 Å². The second kappa shape index (κ2) is 10.3. The van der Waals surface area contributed by atoms with Gasteiger partial charge in [0.1, 0.15) is 0 Å². The van der Waals surface area contributed by atoms with Crippen LogP contribution in [0.3, 0.4) is 0 Å². The molecule has 0 aliphatic carbocycles. The van der Waals surface area contributed by atoms with Crippen LogP contribution in [-0.4, -0.2) is 37.8 Å². The standard InChI is InChI=1S/C24H26N4O4S/c1-17(2)28(3)33(31,32)22-11-7-8-18(16-22)23(29)25-20-12-14-21(15-13-20)27-24(30)26-19-9-5-4-6-10-19/h4-17H,1-3H3,(H,25,29)(H2,26,27,30). The predicted molar refractivity (Wildman–Crippen MR) is 130 cm³/mol. The van der Waals surface area contributed by atoms with Crippen molar-refractivity contribution < 1.29 is 18.0 Å². The zero-order valence-electron chi connectivity index (χ0n) is 18.6. The fraction of sp³-hybridized carbons (Fsp3) is 0.167. The molecule has 3 amide bonds. The molecule has 3 N–H and O–H groups in total. The number of carbonyl (C=O) groups is 2. The number of hydrogen-bond donors (Lipinski definition) is 3. The van der Waals surface area contributed by atoms with Crippen LogP contribution in [0.25, 0.3) is 0 Å². The number of nitrogens with one attached hydrogen (secondary N) is 3. The molecule has 0 aliphatic rings. The van der Waals surface area contributed by atoms with E-state index in [2.05, 4.69) is 16.0 Å². The number of carbonyl (C=O) groups excluding carboxylic acids is 2. The van der Waals surface area contributed by atoms with E-state index in [4.69, 9.17) is 0 Å². The fourth-order valence-corrected chi connectivity index (χ4v) is 4.31. The number of sulfonamides is 1. The molecule has 0 spiro atoms. The highest BCUT2D eigenvalue weighted by Gasteiger charge is 2.24. The van der Waals surface area contributed by atoms with Crippen LogP contribution >= 0.6 is 0 Å². The van der Waals surface area contributed by atoms with Gasteiger partial charge < -0.3 is 16.0 Å². The number of benzene rings is 3. The number of para-hydroxylation sites is 1. The van der Waals surface area contributed by atoms with E-state index in [0.717, 1.165) is 0 Å². The first kappa shape index (κ1) is 24.0.